The van der Waals surface area contributed by atoms with Crippen LogP contribution in [0.15, 0.2) is 54.6 Å². The first kappa shape index (κ1) is 23.1. The van der Waals surface area contributed by atoms with Crippen LogP contribution in [0, 0.1) is 0 Å². The van der Waals surface area contributed by atoms with Gasteiger partial charge in [-0.3, -0.25) is 4.79 Å². The summed E-state index contributed by atoms with van der Waals surface area (Å²) in [5.74, 6) is -0.296. The molecule has 3 amide bonds. The highest BCUT2D eigenvalue weighted by atomic mass is 16.6. The molecule has 1 aliphatic carbocycles. The highest BCUT2D eigenvalue weighted by Gasteiger charge is 2.42. The summed E-state index contributed by atoms with van der Waals surface area (Å²) in [5, 5.41) is 8.60. The van der Waals surface area contributed by atoms with Crippen LogP contribution >= 0.6 is 0 Å². The minimum absolute atomic E-state index is 0.210. The first-order valence-corrected chi connectivity index (χ1v) is 10.8. The first-order chi connectivity index (χ1) is 15.5. The Balaban J connectivity index is 1.59. The zero-order valence-corrected chi connectivity index (χ0v) is 18.2. The van der Waals surface area contributed by atoms with E-state index in [0.29, 0.717) is 30.8 Å². The third-order valence-electron chi connectivity index (χ3n) is 5.29. The molecule has 0 heterocycles. The lowest BCUT2D eigenvalue weighted by Gasteiger charge is -2.29. The Bertz CT molecular complexity index is 926. The Kier molecular flexibility index (Phi) is 8.08. The Labute approximate surface area is 187 Å². The van der Waals surface area contributed by atoms with Gasteiger partial charge >= 0.3 is 12.0 Å². The lowest BCUT2D eigenvalue weighted by atomic mass is 9.96. The number of nitrogens with one attached hydrogen (secondary N) is 3. The van der Waals surface area contributed by atoms with Crippen molar-refractivity contribution in [2.24, 2.45) is 0 Å². The van der Waals surface area contributed by atoms with Gasteiger partial charge in [-0.05, 0) is 37.5 Å². The van der Waals surface area contributed by atoms with Crippen molar-refractivity contribution >= 4 is 23.6 Å². The number of esters is 1. The molecule has 0 atom stereocenters. The molecule has 1 saturated carbocycles. The van der Waals surface area contributed by atoms with Gasteiger partial charge < -0.3 is 25.4 Å². The number of amides is 3. The van der Waals surface area contributed by atoms with E-state index in [1.807, 2.05) is 30.3 Å². The topological polar surface area (TPSA) is 106 Å². The van der Waals surface area contributed by atoms with Crippen LogP contribution in [0.25, 0.3) is 0 Å². The van der Waals surface area contributed by atoms with Gasteiger partial charge in [0, 0.05) is 18.3 Å². The molecule has 1 fully saturated rings. The third kappa shape index (κ3) is 6.47. The zero-order chi connectivity index (χ0) is 22.8. The van der Waals surface area contributed by atoms with Crippen LogP contribution in [0.4, 0.5) is 10.5 Å². The standard InChI is InChI=1S/C24H29N3O5/c1-2-31-21(28)17-32-20-12-8-11-19(15-20)26-22(29)24(13-6-7-14-24)27-23(30)25-16-18-9-4-3-5-10-18/h3-5,8-12,15H,2,6-7,13-14,16-17H2,1H3,(H,26,29)(H2,25,27,30). The highest BCUT2D eigenvalue weighted by Crippen LogP contribution is 2.31. The van der Waals surface area contributed by atoms with Gasteiger partial charge in [-0.15, -0.1) is 0 Å². The van der Waals surface area contributed by atoms with E-state index in [1.165, 1.54) is 0 Å². The van der Waals surface area contributed by atoms with Crippen molar-refractivity contribution in [2.45, 2.75) is 44.7 Å². The van der Waals surface area contributed by atoms with Crippen molar-refractivity contribution in [3.8, 4) is 5.75 Å². The minimum Gasteiger partial charge on any atom is -0.482 e. The van der Waals surface area contributed by atoms with Gasteiger partial charge in [0.15, 0.2) is 6.61 Å². The maximum atomic E-state index is 13.1. The van der Waals surface area contributed by atoms with Gasteiger partial charge in [0.05, 0.1) is 6.61 Å². The molecule has 8 heteroatoms. The fourth-order valence-corrected chi connectivity index (χ4v) is 3.69. The Morgan fingerprint density at radius 2 is 1.75 bits per heavy atom. The van der Waals surface area contributed by atoms with Crippen molar-refractivity contribution in [3.05, 3.63) is 60.2 Å². The second kappa shape index (κ2) is 11.2. The molecule has 32 heavy (non-hydrogen) atoms. The maximum absolute atomic E-state index is 13.1. The molecule has 0 aromatic heterocycles. The fourth-order valence-electron chi connectivity index (χ4n) is 3.69. The molecule has 3 N–H and O–H groups in total. The number of benzene rings is 2. The minimum atomic E-state index is -0.970. The molecule has 0 unspecified atom stereocenters. The molecule has 170 valence electrons. The van der Waals surface area contributed by atoms with E-state index in [-0.39, 0.29) is 25.2 Å². The van der Waals surface area contributed by atoms with Gasteiger partial charge in [-0.1, -0.05) is 49.2 Å². The van der Waals surface area contributed by atoms with Crippen LogP contribution in [-0.4, -0.2) is 36.7 Å². The number of hydrogen-bond acceptors (Lipinski definition) is 5. The molecule has 0 bridgehead atoms. The number of carbonyl (C=O) groups excluding carboxylic acids is 3. The van der Waals surface area contributed by atoms with Crippen LogP contribution in [-0.2, 0) is 20.9 Å². The smallest absolute Gasteiger partial charge is 0.344 e. The Morgan fingerprint density at radius 3 is 2.47 bits per heavy atom. The van der Waals surface area contributed by atoms with Crippen molar-refractivity contribution < 1.29 is 23.9 Å². The molecule has 3 rings (SSSR count). The molecule has 2 aromatic rings. The maximum Gasteiger partial charge on any atom is 0.344 e. The lowest BCUT2D eigenvalue weighted by molar-refractivity contribution is -0.145. The molecule has 1 aliphatic rings. The molecular formula is C24H29N3O5. The quantitative estimate of drug-likeness (QED) is 0.520. The number of rotatable bonds is 9. The van der Waals surface area contributed by atoms with E-state index < -0.39 is 11.5 Å². The first-order valence-electron chi connectivity index (χ1n) is 10.8. The molecule has 8 nitrogen and oxygen atoms in total. The molecule has 0 saturated heterocycles. The number of anilines is 1. The normalized spacial score (nSPS) is 14.3. The Morgan fingerprint density at radius 1 is 1.00 bits per heavy atom. The van der Waals surface area contributed by atoms with Crippen molar-refractivity contribution in [2.75, 3.05) is 18.5 Å². The summed E-state index contributed by atoms with van der Waals surface area (Å²) in [6, 6.07) is 16.0. The predicted molar refractivity (Wildman–Crippen MR) is 120 cm³/mol. The number of hydrogen-bond donors (Lipinski definition) is 3. The van der Waals surface area contributed by atoms with E-state index in [2.05, 4.69) is 16.0 Å². The zero-order valence-electron chi connectivity index (χ0n) is 18.2. The Hall–Kier alpha value is -3.55. The van der Waals surface area contributed by atoms with Crippen molar-refractivity contribution in [1.29, 1.82) is 0 Å². The average Bonchev–Trinajstić information content (AvgIpc) is 3.27. The van der Waals surface area contributed by atoms with Crippen LogP contribution in [0.3, 0.4) is 0 Å². The average molecular weight is 440 g/mol. The summed E-state index contributed by atoms with van der Waals surface area (Å²) < 4.78 is 10.3. The summed E-state index contributed by atoms with van der Waals surface area (Å²) in [7, 11) is 0. The predicted octanol–water partition coefficient (Wildman–Crippen LogP) is 3.38. The van der Waals surface area contributed by atoms with Gasteiger partial charge in [-0.25, -0.2) is 9.59 Å². The van der Waals surface area contributed by atoms with Gasteiger partial charge in [0.1, 0.15) is 11.3 Å². The van der Waals surface area contributed by atoms with Gasteiger partial charge in [0.25, 0.3) is 0 Å². The largest absolute Gasteiger partial charge is 0.482 e. The second-order valence-electron chi connectivity index (χ2n) is 7.66. The van der Waals surface area contributed by atoms with E-state index in [0.717, 1.165) is 18.4 Å². The number of carbonyl (C=O) groups is 3. The van der Waals surface area contributed by atoms with E-state index in [9.17, 15) is 14.4 Å². The highest BCUT2D eigenvalue weighted by molar-refractivity contribution is 6.00. The second-order valence-corrected chi connectivity index (χ2v) is 7.66. The van der Waals surface area contributed by atoms with E-state index >= 15 is 0 Å². The van der Waals surface area contributed by atoms with Crippen molar-refractivity contribution in [1.82, 2.24) is 10.6 Å². The molecule has 0 aliphatic heterocycles. The van der Waals surface area contributed by atoms with Crippen LogP contribution in [0.2, 0.25) is 0 Å². The monoisotopic (exact) mass is 439 g/mol. The molecule has 0 spiro atoms. The van der Waals surface area contributed by atoms with E-state index in [4.69, 9.17) is 9.47 Å². The number of ether oxygens (including phenoxy) is 2. The summed E-state index contributed by atoms with van der Waals surface area (Å²) >= 11 is 0. The van der Waals surface area contributed by atoms with E-state index in [1.54, 1.807) is 31.2 Å². The molecule has 0 radical (unpaired) electrons. The molecule has 2 aromatic carbocycles. The van der Waals surface area contributed by atoms with Crippen LogP contribution in [0.1, 0.15) is 38.2 Å². The van der Waals surface area contributed by atoms with Crippen molar-refractivity contribution in [3.63, 3.8) is 0 Å². The number of urea groups is 1. The van der Waals surface area contributed by atoms with Gasteiger partial charge in [-0.2, -0.15) is 0 Å². The fraction of sp³-hybridized carbons (Fsp3) is 0.375. The van der Waals surface area contributed by atoms with Crippen LogP contribution < -0.4 is 20.7 Å². The summed E-state index contributed by atoms with van der Waals surface area (Å²) in [4.78, 5) is 37.1. The summed E-state index contributed by atoms with van der Waals surface area (Å²) in [6.07, 6.45) is 2.84. The van der Waals surface area contributed by atoms with Gasteiger partial charge in [0.2, 0.25) is 5.91 Å². The third-order valence-corrected chi connectivity index (χ3v) is 5.29. The summed E-state index contributed by atoms with van der Waals surface area (Å²) in [5.41, 5.74) is 0.532. The summed E-state index contributed by atoms with van der Waals surface area (Å²) in [6.45, 7) is 2.18. The SMILES string of the molecule is CCOC(=O)COc1cccc(NC(=O)C2(NC(=O)NCc3ccccc3)CCCC2)c1. The molecular weight excluding hydrogens is 410 g/mol. The van der Waals surface area contributed by atoms with Crippen LogP contribution in [0.5, 0.6) is 5.75 Å². The lowest BCUT2D eigenvalue weighted by Crippen LogP contribution is -2.57.